The highest BCUT2D eigenvalue weighted by Gasteiger charge is 2.38. The van der Waals surface area contributed by atoms with E-state index in [0.29, 0.717) is 11.4 Å². The lowest BCUT2D eigenvalue weighted by atomic mass is 10.1. The van der Waals surface area contributed by atoms with E-state index in [1.54, 1.807) is 11.9 Å². The van der Waals surface area contributed by atoms with Crippen molar-refractivity contribution in [2.75, 3.05) is 45.2 Å². The quantitative estimate of drug-likeness (QED) is 0.766. The van der Waals surface area contributed by atoms with Gasteiger partial charge in [-0.3, -0.25) is 14.6 Å². The number of halogens is 1. The summed E-state index contributed by atoms with van der Waals surface area (Å²) in [5.41, 5.74) is 1.77. The van der Waals surface area contributed by atoms with Gasteiger partial charge in [0.2, 0.25) is 5.91 Å². The van der Waals surface area contributed by atoms with Gasteiger partial charge in [0, 0.05) is 50.9 Å². The molecule has 1 aromatic carbocycles. The van der Waals surface area contributed by atoms with Gasteiger partial charge in [0.15, 0.2) is 5.82 Å². The number of carbonyl (C=O) groups is 2. The molecule has 2 fully saturated rings. The molecule has 9 heteroatoms. The van der Waals surface area contributed by atoms with Crippen molar-refractivity contribution in [2.24, 2.45) is 0 Å². The van der Waals surface area contributed by atoms with Crippen molar-refractivity contribution >= 4 is 29.4 Å². The summed E-state index contributed by atoms with van der Waals surface area (Å²) in [7, 11) is 3.28. The molecule has 0 bridgehead atoms. The molecule has 2 aliphatic rings. The molecule has 2 saturated heterocycles. The smallest absolute Gasteiger partial charge is 0.327 e. The summed E-state index contributed by atoms with van der Waals surface area (Å²) < 4.78 is 0. The van der Waals surface area contributed by atoms with E-state index in [2.05, 4.69) is 20.0 Å². The second-order valence-electron chi connectivity index (χ2n) is 7.34. The first-order chi connectivity index (χ1) is 13.9. The third-order valence-electron chi connectivity index (χ3n) is 5.62. The highest BCUT2D eigenvalue weighted by molar-refractivity contribution is 6.30. The van der Waals surface area contributed by atoms with Crippen molar-refractivity contribution in [3.63, 3.8) is 0 Å². The van der Waals surface area contributed by atoms with E-state index < -0.39 is 0 Å². The van der Waals surface area contributed by atoms with Gasteiger partial charge in [-0.25, -0.2) is 4.79 Å². The SMILES string of the molecule is CN1C(=O)CC(N2CCN(c3ccc(-c4ccc(Cl)cc4)nn3)CC2)N(C)C1=O. The summed E-state index contributed by atoms with van der Waals surface area (Å²) in [5, 5.41) is 9.43. The molecule has 2 aromatic rings. The summed E-state index contributed by atoms with van der Waals surface area (Å²) >= 11 is 5.94. The lowest BCUT2D eigenvalue weighted by Crippen LogP contribution is -2.62. The predicted octanol–water partition coefficient (Wildman–Crippen LogP) is 2.16. The van der Waals surface area contributed by atoms with E-state index in [1.165, 1.54) is 11.9 Å². The van der Waals surface area contributed by atoms with Crippen LogP contribution in [-0.2, 0) is 4.79 Å². The van der Waals surface area contributed by atoms with Gasteiger partial charge in [-0.2, -0.15) is 0 Å². The number of carbonyl (C=O) groups excluding carboxylic acids is 2. The van der Waals surface area contributed by atoms with Crippen LogP contribution < -0.4 is 4.90 Å². The summed E-state index contributed by atoms with van der Waals surface area (Å²) in [4.78, 5) is 31.5. The predicted molar refractivity (Wildman–Crippen MR) is 111 cm³/mol. The van der Waals surface area contributed by atoms with Gasteiger partial charge < -0.3 is 9.80 Å². The largest absolute Gasteiger partial charge is 0.353 e. The number of imide groups is 1. The number of anilines is 1. The molecule has 3 amide bonds. The van der Waals surface area contributed by atoms with Crippen LogP contribution >= 0.6 is 11.6 Å². The average molecular weight is 415 g/mol. The van der Waals surface area contributed by atoms with E-state index in [4.69, 9.17) is 11.6 Å². The summed E-state index contributed by atoms with van der Waals surface area (Å²) in [6.07, 6.45) is 0.139. The first kappa shape index (κ1) is 19.6. The van der Waals surface area contributed by atoms with E-state index in [1.807, 2.05) is 36.4 Å². The standard InChI is InChI=1S/C20H23ClN6O2/c1-24-18(13-19(28)25(2)20(24)29)27-11-9-26(10-12-27)17-8-7-16(22-23-17)14-3-5-15(21)6-4-14/h3-8,18H,9-13H2,1-2H3. The van der Waals surface area contributed by atoms with Crippen LogP contribution in [0.1, 0.15) is 6.42 Å². The maximum atomic E-state index is 12.2. The Morgan fingerprint density at radius 2 is 1.62 bits per heavy atom. The molecule has 0 saturated carbocycles. The second-order valence-corrected chi connectivity index (χ2v) is 7.77. The third kappa shape index (κ3) is 3.90. The van der Waals surface area contributed by atoms with Crippen LogP contribution in [0.25, 0.3) is 11.3 Å². The maximum absolute atomic E-state index is 12.2. The Morgan fingerprint density at radius 1 is 0.931 bits per heavy atom. The first-order valence-corrected chi connectivity index (χ1v) is 9.94. The molecule has 4 rings (SSSR count). The van der Waals surface area contributed by atoms with Gasteiger partial charge >= 0.3 is 6.03 Å². The minimum Gasteiger partial charge on any atom is -0.353 e. The Kier molecular flexibility index (Phi) is 5.38. The zero-order chi connectivity index (χ0) is 20.5. The fourth-order valence-electron chi connectivity index (χ4n) is 3.79. The Labute approximate surface area is 174 Å². The zero-order valence-corrected chi connectivity index (χ0v) is 17.2. The molecule has 1 aromatic heterocycles. The fourth-order valence-corrected chi connectivity index (χ4v) is 3.92. The molecular formula is C20H23ClN6O2. The molecule has 0 radical (unpaired) electrons. The summed E-state index contributed by atoms with van der Waals surface area (Å²) in [6.45, 7) is 3.02. The second kappa shape index (κ2) is 7.96. The first-order valence-electron chi connectivity index (χ1n) is 9.56. The van der Waals surface area contributed by atoms with E-state index >= 15 is 0 Å². The number of aromatic nitrogens is 2. The number of piperazine rings is 1. The van der Waals surface area contributed by atoms with Crippen molar-refractivity contribution in [1.29, 1.82) is 0 Å². The van der Waals surface area contributed by atoms with Gasteiger partial charge in [0.1, 0.15) is 0 Å². The van der Waals surface area contributed by atoms with Crippen molar-refractivity contribution in [3.05, 3.63) is 41.4 Å². The van der Waals surface area contributed by atoms with Gasteiger partial charge in [-0.15, -0.1) is 10.2 Å². The Bertz CT molecular complexity index is 896. The van der Waals surface area contributed by atoms with Crippen LogP contribution in [0.15, 0.2) is 36.4 Å². The number of amides is 3. The maximum Gasteiger partial charge on any atom is 0.327 e. The topological polar surface area (TPSA) is 72.9 Å². The molecule has 0 spiro atoms. The lowest BCUT2D eigenvalue weighted by Gasteiger charge is -2.45. The number of benzene rings is 1. The molecule has 0 N–H and O–H groups in total. The Morgan fingerprint density at radius 3 is 2.24 bits per heavy atom. The molecule has 29 heavy (non-hydrogen) atoms. The molecule has 3 heterocycles. The third-order valence-corrected chi connectivity index (χ3v) is 5.87. The van der Waals surface area contributed by atoms with Gasteiger partial charge in [0.05, 0.1) is 18.3 Å². The van der Waals surface area contributed by atoms with E-state index in [0.717, 1.165) is 43.3 Å². The van der Waals surface area contributed by atoms with Gasteiger partial charge in [0.25, 0.3) is 0 Å². The normalized spacial score (nSPS) is 21.1. The van der Waals surface area contributed by atoms with Crippen LogP contribution in [0.3, 0.4) is 0 Å². The highest BCUT2D eigenvalue weighted by Crippen LogP contribution is 2.23. The van der Waals surface area contributed by atoms with E-state index in [9.17, 15) is 9.59 Å². The minimum atomic E-state index is -0.252. The summed E-state index contributed by atoms with van der Waals surface area (Å²) in [5.74, 6) is 0.690. The molecule has 152 valence electrons. The molecule has 8 nitrogen and oxygen atoms in total. The number of nitrogens with zero attached hydrogens (tertiary/aromatic N) is 6. The van der Waals surface area contributed by atoms with Gasteiger partial charge in [-0.05, 0) is 24.3 Å². The molecule has 2 aliphatic heterocycles. The molecular weight excluding hydrogens is 392 g/mol. The van der Waals surface area contributed by atoms with Crippen LogP contribution in [0, 0.1) is 0 Å². The van der Waals surface area contributed by atoms with Gasteiger partial charge in [-0.1, -0.05) is 23.7 Å². The van der Waals surface area contributed by atoms with Crippen LogP contribution in [0.2, 0.25) is 5.02 Å². The average Bonchev–Trinajstić information content (AvgIpc) is 2.76. The Balaban J connectivity index is 1.39. The number of urea groups is 1. The molecule has 1 atom stereocenters. The van der Waals surface area contributed by atoms with Crippen LogP contribution in [-0.4, -0.2) is 83.3 Å². The van der Waals surface area contributed by atoms with Crippen LogP contribution in [0.4, 0.5) is 10.6 Å². The van der Waals surface area contributed by atoms with Crippen molar-refractivity contribution < 1.29 is 9.59 Å². The van der Waals surface area contributed by atoms with Crippen molar-refractivity contribution in [1.82, 2.24) is 24.9 Å². The number of rotatable bonds is 3. The van der Waals surface area contributed by atoms with Crippen LogP contribution in [0.5, 0.6) is 0 Å². The van der Waals surface area contributed by atoms with Crippen molar-refractivity contribution in [2.45, 2.75) is 12.6 Å². The Hall–Kier alpha value is -2.71. The molecule has 1 unspecified atom stereocenters. The summed E-state index contributed by atoms with van der Waals surface area (Å²) in [6, 6.07) is 11.2. The molecule has 0 aliphatic carbocycles. The fraction of sp³-hybridized carbons (Fsp3) is 0.400. The zero-order valence-electron chi connectivity index (χ0n) is 16.5. The van der Waals surface area contributed by atoms with Crippen molar-refractivity contribution in [3.8, 4) is 11.3 Å². The highest BCUT2D eigenvalue weighted by atomic mass is 35.5. The minimum absolute atomic E-state index is 0.135. The number of hydrogen-bond donors (Lipinski definition) is 0. The lowest BCUT2D eigenvalue weighted by molar-refractivity contribution is -0.134. The van der Waals surface area contributed by atoms with E-state index in [-0.39, 0.29) is 18.1 Å². The number of hydrogen-bond acceptors (Lipinski definition) is 6. The monoisotopic (exact) mass is 414 g/mol.